The minimum atomic E-state index is 0.809. The van der Waals surface area contributed by atoms with Gasteiger partial charge in [-0.1, -0.05) is 12.1 Å². The molecule has 1 saturated heterocycles. The minimum Gasteiger partial charge on any atom is -0.457 e. The molecule has 4 rings (SSSR count). The van der Waals surface area contributed by atoms with Gasteiger partial charge in [-0.2, -0.15) is 0 Å². The van der Waals surface area contributed by atoms with Gasteiger partial charge in [0.25, 0.3) is 0 Å². The second-order valence-corrected chi connectivity index (χ2v) is 7.39. The molecule has 0 saturated carbocycles. The van der Waals surface area contributed by atoms with Crippen molar-refractivity contribution >= 4 is 21.6 Å². The van der Waals surface area contributed by atoms with Gasteiger partial charge in [0.1, 0.15) is 5.76 Å². The summed E-state index contributed by atoms with van der Waals surface area (Å²) in [5.41, 5.74) is 1.03. The molecule has 0 radical (unpaired) electrons. The fourth-order valence-electron chi connectivity index (χ4n) is 3.17. The number of para-hydroxylation sites is 1. The molecule has 132 valence electrons. The average Bonchev–Trinajstić information content (AvgIpc) is 3.27. The largest absolute Gasteiger partial charge is 0.457 e. The molecule has 0 N–H and O–H groups in total. The monoisotopic (exact) mass is 357 g/mol. The van der Waals surface area contributed by atoms with Crippen LogP contribution in [0.4, 0.5) is 0 Å². The molecule has 3 heterocycles. The lowest BCUT2D eigenvalue weighted by Crippen LogP contribution is -2.46. The van der Waals surface area contributed by atoms with E-state index in [4.69, 9.17) is 9.15 Å². The van der Waals surface area contributed by atoms with Crippen molar-refractivity contribution in [3.05, 3.63) is 42.2 Å². The van der Waals surface area contributed by atoms with Gasteiger partial charge in [-0.15, -0.1) is 11.3 Å². The summed E-state index contributed by atoms with van der Waals surface area (Å²) in [6, 6.07) is 12.3. The number of thiazole rings is 1. The van der Waals surface area contributed by atoms with Crippen LogP contribution in [0.2, 0.25) is 0 Å². The molecule has 0 amide bonds. The Morgan fingerprint density at radius 1 is 1.08 bits per heavy atom. The van der Waals surface area contributed by atoms with Crippen molar-refractivity contribution in [1.82, 2.24) is 14.8 Å². The van der Waals surface area contributed by atoms with E-state index in [1.165, 1.54) is 4.70 Å². The molecular formula is C19H23N3O2S. The highest BCUT2D eigenvalue weighted by atomic mass is 32.1. The zero-order valence-electron chi connectivity index (χ0n) is 14.5. The van der Waals surface area contributed by atoms with Gasteiger partial charge in [0, 0.05) is 39.8 Å². The number of piperazine rings is 1. The Bertz CT molecular complexity index is 788. The molecule has 6 heteroatoms. The van der Waals surface area contributed by atoms with Crippen LogP contribution < -0.4 is 0 Å². The minimum absolute atomic E-state index is 0.809. The van der Waals surface area contributed by atoms with Gasteiger partial charge in [0.15, 0.2) is 10.8 Å². The van der Waals surface area contributed by atoms with E-state index in [0.717, 1.165) is 67.9 Å². The highest BCUT2D eigenvalue weighted by molar-refractivity contribution is 7.21. The quantitative estimate of drug-likeness (QED) is 0.677. The number of nitrogens with zero attached hydrogens (tertiary/aromatic N) is 3. The summed E-state index contributed by atoms with van der Waals surface area (Å²) >= 11 is 1.68. The first-order chi connectivity index (χ1) is 12.3. The summed E-state index contributed by atoms with van der Waals surface area (Å²) in [5, 5.41) is 0.955. The first-order valence-corrected chi connectivity index (χ1v) is 9.52. The Morgan fingerprint density at radius 2 is 1.88 bits per heavy atom. The van der Waals surface area contributed by atoms with Crippen LogP contribution in [0.3, 0.4) is 0 Å². The van der Waals surface area contributed by atoms with E-state index >= 15 is 0 Å². The van der Waals surface area contributed by atoms with Gasteiger partial charge in [0.05, 0.1) is 23.4 Å². The average molecular weight is 357 g/mol. The lowest BCUT2D eigenvalue weighted by Gasteiger charge is -2.33. The number of furan rings is 1. The number of rotatable bonds is 6. The van der Waals surface area contributed by atoms with Crippen molar-refractivity contribution in [2.45, 2.75) is 6.54 Å². The summed E-state index contributed by atoms with van der Waals surface area (Å²) in [6.07, 6.45) is 0. The predicted octanol–water partition coefficient (Wildman–Crippen LogP) is 3.32. The predicted molar refractivity (Wildman–Crippen MR) is 101 cm³/mol. The van der Waals surface area contributed by atoms with Gasteiger partial charge in [-0.3, -0.25) is 9.80 Å². The number of hydrogen-bond donors (Lipinski definition) is 0. The standard InChI is InChI=1S/C19H23N3O2S/c1-23-13-12-21-8-10-22(11-9-21)14-15-6-7-17(24-15)19-20-16-4-2-3-5-18(16)25-19/h2-7H,8-14H2,1H3. The van der Waals surface area contributed by atoms with E-state index in [9.17, 15) is 0 Å². The zero-order chi connectivity index (χ0) is 17.1. The van der Waals surface area contributed by atoms with Gasteiger partial charge in [-0.05, 0) is 24.3 Å². The lowest BCUT2D eigenvalue weighted by molar-refractivity contribution is 0.0906. The van der Waals surface area contributed by atoms with Gasteiger partial charge in [0.2, 0.25) is 0 Å². The van der Waals surface area contributed by atoms with Crippen LogP contribution in [-0.2, 0) is 11.3 Å². The SMILES string of the molecule is COCCN1CCN(Cc2ccc(-c3nc4ccccc4s3)o2)CC1. The molecule has 0 atom stereocenters. The maximum Gasteiger partial charge on any atom is 0.163 e. The first-order valence-electron chi connectivity index (χ1n) is 8.70. The number of aromatic nitrogens is 1. The third kappa shape index (κ3) is 3.93. The molecule has 0 spiro atoms. The van der Waals surface area contributed by atoms with E-state index in [2.05, 4.69) is 26.9 Å². The van der Waals surface area contributed by atoms with Crippen LogP contribution in [-0.4, -0.2) is 61.2 Å². The maximum atomic E-state index is 6.07. The van der Waals surface area contributed by atoms with Crippen molar-refractivity contribution in [1.29, 1.82) is 0 Å². The lowest BCUT2D eigenvalue weighted by atomic mass is 10.3. The molecular weight excluding hydrogens is 334 g/mol. The highest BCUT2D eigenvalue weighted by Gasteiger charge is 2.18. The molecule has 0 bridgehead atoms. The molecule has 0 unspecified atom stereocenters. The highest BCUT2D eigenvalue weighted by Crippen LogP contribution is 2.31. The molecule has 1 aromatic carbocycles. The molecule has 1 aliphatic heterocycles. The normalized spacial score (nSPS) is 16.7. The molecule has 5 nitrogen and oxygen atoms in total. The third-order valence-corrected chi connectivity index (χ3v) is 5.67. The van der Waals surface area contributed by atoms with Crippen molar-refractivity contribution in [3.8, 4) is 10.8 Å². The van der Waals surface area contributed by atoms with Gasteiger partial charge >= 0.3 is 0 Å². The second kappa shape index (κ2) is 7.66. The third-order valence-electron chi connectivity index (χ3n) is 4.62. The number of benzene rings is 1. The molecule has 1 aliphatic rings. The van der Waals surface area contributed by atoms with E-state index in [1.54, 1.807) is 18.4 Å². The number of methoxy groups -OCH3 is 1. The fraction of sp³-hybridized carbons (Fsp3) is 0.421. The summed E-state index contributed by atoms with van der Waals surface area (Å²) in [6.45, 7) is 7.02. The maximum absolute atomic E-state index is 6.07. The molecule has 1 fully saturated rings. The van der Waals surface area contributed by atoms with E-state index < -0.39 is 0 Å². The van der Waals surface area contributed by atoms with E-state index in [0.29, 0.717) is 0 Å². The molecule has 0 aliphatic carbocycles. The van der Waals surface area contributed by atoms with Crippen molar-refractivity contribution in [2.24, 2.45) is 0 Å². The van der Waals surface area contributed by atoms with Crippen LogP contribution in [0.5, 0.6) is 0 Å². The van der Waals surface area contributed by atoms with Crippen molar-refractivity contribution in [2.75, 3.05) is 46.4 Å². The molecule has 25 heavy (non-hydrogen) atoms. The van der Waals surface area contributed by atoms with Gasteiger partial charge in [-0.25, -0.2) is 4.98 Å². The Balaban J connectivity index is 1.37. The second-order valence-electron chi connectivity index (χ2n) is 6.36. The topological polar surface area (TPSA) is 41.7 Å². The zero-order valence-corrected chi connectivity index (χ0v) is 15.3. The number of hydrogen-bond acceptors (Lipinski definition) is 6. The van der Waals surface area contributed by atoms with Crippen LogP contribution in [0.15, 0.2) is 40.8 Å². The Kier molecular flexibility index (Phi) is 5.12. The van der Waals surface area contributed by atoms with Crippen LogP contribution in [0, 0.1) is 0 Å². The van der Waals surface area contributed by atoms with Gasteiger partial charge < -0.3 is 9.15 Å². The summed E-state index contributed by atoms with van der Waals surface area (Å²) in [7, 11) is 1.76. The number of ether oxygens (including phenoxy) is 1. The van der Waals surface area contributed by atoms with E-state index in [-0.39, 0.29) is 0 Å². The first kappa shape index (κ1) is 16.7. The summed E-state index contributed by atoms with van der Waals surface area (Å²) in [4.78, 5) is 9.58. The van der Waals surface area contributed by atoms with Crippen LogP contribution in [0.1, 0.15) is 5.76 Å². The van der Waals surface area contributed by atoms with Crippen molar-refractivity contribution < 1.29 is 9.15 Å². The Hall–Kier alpha value is -1.73. The Morgan fingerprint density at radius 3 is 2.68 bits per heavy atom. The van der Waals surface area contributed by atoms with Crippen LogP contribution in [0.25, 0.3) is 21.0 Å². The fourth-order valence-corrected chi connectivity index (χ4v) is 4.09. The smallest absolute Gasteiger partial charge is 0.163 e. The number of fused-ring (bicyclic) bond motifs is 1. The van der Waals surface area contributed by atoms with E-state index in [1.807, 2.05) is 24.3 Å². The summed E-state index contributed by atoms with van der Waals surface area (Å²) < 4.78 is 12.4. The van der Waals surface area contributed by atoms with Crippen LogP contribution >= 0.6 is 11.3 Å². The molecule has 3 aromatic rings. The molecule has 2 aromatic heterocycles. The van der Waals surface area contributed by atoms with Crippen molar-refractivity contribution in [3.63, 3.8) is 0 Å². The Labute approximate surface area is 151 Å². The summed E-state index contributed by atoms with van der Waals surface area (Å²) in [5.74, 6) is 1.88.